The Morgan fingerprint density at radius 1 is 1.30 bits per heavy atom. The molecule has 0 aliphatic rings. The van der Waals surface area contributed by atoms with Crippen molar-refractivity contribution >= 4 is 11.7 Å². The lowest BCUT2D eigenvalue weighted by Gasteiger charge is -2.07. The number of benzene rings is 1. The van der Waals surface area contributed by atoms with E-state index in [0.717, 1.165) is 36.4 Å². The van der Waals surface area contributed by atoms with Crippen LogP contribution in [0.1, 0.15) is 28.5 Å². The SMILES string of the molecule is CCc1cc(NC(=O)c2ccc(C(F)(F)F)cc2)n[nH]1. The van der Waals surface area contributed by atoms with Gasteiger partial charge in [-0.1, -0.05) is 6.92 Å². The number of amides is 1. The number of aromatic amines is 1. The highest BCUT2D eigenvalue weighted by Crippen LogP contribution is 2.29. The topological polar surface area (TPSA) is 57.8 Å². The first-order valence-corrected chi connectivity index (χ1v) is 5.93. The van der Waals surface area contributed by atoms with E-state index in [9.17, 15) is 18.0 Å². The number of carbonyl (C=O) groups is 1. The number of nitrogens with one attached hydrogen (secondary N) is 2. The predicted octanol–water partition coefficient (Wildman–Crippen LogP) is 3.24. The second-order valence-electron chi connectivity index (χ2n) is 4.16. The van der Waals surface area contributed by atoms with E-state index < -0.39 is 17.6 Å². The first-order chi connectivity index (χ1) is 9.40. The van der Waals surface area contributed by atoms with E-state index in [4.69, 9.17) is 0 Å². The molecule has 2 rings (SSSR count). The number of alkyl halides is 3. The van der Waals surface area contributed by atoms with Gasteiger partial charge in [-0.25, -0.2) is 0 Å². The van der Waals surface area contributed by atoms with Crippen LogP contribution in [0, 0.1) is 0 Å². The van der Waals surface area contributed by atoms with Crippen LogP contribution in [0.25, 0.3) is 0 Å². The highest BCUT2D eigenvalue weighted by Gasteiger charge is 2.30. The Bertz CT molecular complexity index is 602. The Labute approximate surface area is 113 Å². The Hall–Kier alpha value is -2.31. The summed E-state index contributed by atoms with van der Waals surface area (Å²) in [6, 6.07) is 5.67. The standard InChI is InChI=1S/C13H12F3N3O/c1-2-10-7-11(19-18-10)17-12(20)8-3-5-9(6-4-8)13(14,15)16/h3-7H,2H2,1H3,(H2,17,18,19,20). The molecule has 2 N–H and O–H groups in total. The molecule has 0 atom stereocenters. The molecule has 0 bridgehead atoms. The number of hydrogen-bond donors (Lipinski definition) is 2. The minimum atomic E-state index is -4.41. The Balaban J connectivity index is 2.09. The monoisotopic (exact) mass is 283 g/mol. The lowest BCUT2D eigenvalue weighted by atomic mass is 10.1. The minimum absolute atomic E-state index is 0.138. The maximum Gasteiger partial charge on any atom is 0.416 e. The zero-order chi connectivity index (χ0) is 14.8. The molecule has 1 aromatic heterocycles. The smallest absolute Gasteiger partial charge is 0.305 e. The van der Waals surface area contributed by atoms with Crippen molar-refractivity contribution in [3.63, 3.8) is 0 Å². The molecular weight excluding hydrogens is 271 g/mol. The second kappa shape index (κ2) is 5.36. The van der Waals surface area contributed by atoms with Gasteiger partial charge in [0.15, 0.2) is 5.82 Å². The van der Waals surface area contributed by atoms with Crippen molar-refractivity contribution in [1.29, 1.82) is 0 Å². The normalized spacial score (nSPS) is 11.4. The summed E-state index contributed by atoms with van der Waals surface area (Å²) in [5.41, 5.74) is 0.203. The Morgan fingerprint density at radius 2 is 1.95 bits per heavy atom. The van der Waals surface area contributed by atoms with Crippen molar-refractivity contribution in [2.45, 2.75) is 19.5 Å². The van der Waals surface area contributed by atoms with Gasteiger partial charge in [0, 0.05) is 17.3 Å². The molecule has 0 aliphatic heterocycles. The minimum Gasteiger partial charge on any atom is -0.305 e. The molecule has 0 saturated heterocycles. The van der Waals surface area contributed by atoms with Gasteiger partial charge in [-0.2, -0.15) is 18.3 Å². The fourth-order valence-corrected chi connectivity index (χ4v) is 1.61. The van der Waals surface area contributed by atoms with E-state index in [0.29, 0.717) is 5.82 Å². The quantitative estimate of drug-likeness (QED) is 0.908. The molecule has 0 aliphatic carbocycles. The summed E-state index contributed by atoms with van der Waals surface area (Å²) in [7, 11) is 0. The molecule has 4 nitrogen and oxygen atoms in total. The number of aromatic nitrogens is 2. The van der Waals surface area contributed by atoms with Crippen LogP contribution in [-0.4, -0.2) is 16.1 Å². The largest absolute Gasteiger partial charge is 0.416 e. The Kier molecular flexibility index (Phi) is 3.78. The molecule has 106 valence electrons. The van der Waals surface area contributed by atoms with Gasteiger partial charge in [0.1, 0.15) is 0 Å². The molecular formula is C13H12F3N3O. The Morgan fingerprint density at radius 3 is 2.45 bits per heavy atom. The number of aryl methyl sites for hydroxylation is 1. The summed E-state index contributed by atoms with van der Waals surface area (Å²) in [5.74, 6) is -0.167. The summed E-state index contributed by atoms with van der Waals surface area (Å²) >= 11 is 0. The highest BCUT2D eigenvalue weighted by atomic mass is 19.4. The molecule has 7 heteroatoms. The van der Waals surface area contributed by atoms with Crippen molar-refractivity contribution < 1.29 is 18.0 Å². The zero-order valence-electron chi connectivity index (χ0n) is 10.6. The lowest BCUT2D eigenvalue weighted by Crippen LogP contribution is -2.13. The maximum absolute atomic E-state index is 12.4. The summed E-state index contributed by atoms with van der Waals surface area (Å²) in [5, 5.41) is 9.11. The first-order valence-electron chi connectivity index (χ1n) is 5.93. The molecule has 0 unspecified atom stereocenters. The van der Waals surface area contributed by atoms with Gasteiger partial charge in [-0.15, -0.1) is 0 Å². The van der Waals surface area contributed by atoms with E-state index >= 15 is 0 Å². The molecule has 0 radical (unpaired) electrons. The lowest BCUT2D eigenvalue weighted by molar-refractivity contribution is -0.137. The van der Waals surface area contributed by atoms with Crippen LogP contribution >= 0.6 is 0 Å². The number of hydrogen-bond acceptors (Lipinski definition) is 2. The van der Waals surface area contributed by atoms with E-state index in [-0.39, 0.29) is 5.56 Å². The molecule has 2 aromatic rings. The number of H-pyrrole nitrogens is 1. The zero-order valence-corrected chi connectivity index (χ0v) is 10.6. The fourth-order valence-electron chi connectivity index (χ4n) is 1.61. The van der Waals surface area contributed by atoms with Gasteiger partial charge in [-0.05, 0) is 30.7 Å². The molecule has 20 heavy (non-hydrogen) atoms. The number of nitrogens with zero attached hydrogens (tertiary/aromatic N) is 1. The third-order valence-corrected chi connectivity index (χ3v) is 2.73. The van der Waals surface area contributed by atoms with Crippen molar-refractivity contribution in [3.05, 3.63) is 47.2 Å². The highest BCUT2D eigenvalue weighted by molar-refractivity contribution is 6.03. The van der Waals surface area contributed by atoms with E-state index in [1.807, 2.05) is 6.92 Å². The van der Waals surface area contributed by atoms with E-state index in [2.05, 4.69) is 15.5 Å². The molecule has 0 saturated carbocycles. The number of anilines is 1. The van der Waals surface area contributed by atoms with Crippen LogP contribution in [0.4, 0.5) is 19.0 Å². The van der Waals surface area contributed by atoms with Crippen LogP contribution < -0.4 is 5.32 Å². The van der Waals surface area contributed by atoms with Gasteiger partial charge in [0.25, 0.3) is 5.91 Å². The number of halogens is 3. The van der Waals surface area contributed by atoms with Crippen molar-refractivity contribution in [3.8, 4) is 0 Å². The van der Waals surface area contributed by atoms with Crippen molar-refractivity contribution in [2.75, 3.05) is 5.32 Å². The average Bonchev–Trinajstić information content (AvgIpc) is 2.85. The third-order valence-electron chi connectivity index (χ3n) is 2.73. The second-order valence-corrected chi connectivity index (χ2v) is 4.16. The van der Waals surface area contributed by atoms with Gasteiger partial charge in [0.05, 0.1) is 5.56 Å². The summed E-state index contributed by atoms with van der Waals surface area (Å²) < 4.78 is 37.2. The van der Waals surface area contributed by atoms with Crippen LogP contribution in [0.2, 0.25) is 0 Å². The third kappa shape index (κ3) is 3.17. The van der Waals surface area contributed by atoms with Crippen LogP contribution in [0.5, 0.6) is 0 Å². The van der Waals surface area contributed by atoms with Gasteiger partial charge in [-0.3, -0.25) is 9.89 Å². The predicted molar refractivity (Wildman–Crippen MR) is 67.4 cm³/mol. The first kappa shape index (κ1) is 14.1. The van der Waals surface area contributed by atoms with Crippen molar-refractivity contribution in [1.82, 2.24) is 10.2 Å². The number of rotatable bonds is 3. The average molecular weight is 283 g/mol. The number of carbonyl (C=O) groups excluding carboxylic acids is 1. The van der Waals surface area contributed by atoms with Gasteiger partial charge < -0.3 is 5.32 Å². The summed E-state index contributed by atoms with van der Waals surface area (Å²) in [4.78, 5) is 11.8. The molecule has 1 amide bonds. The van der Waals surface area contributed by atoms with E-state index in [1.54, 1.807) is 6.07 Å². The van der Waals surface area contributed by atoms with Gasteiger partial charge in [0.2, 0.25) is 0 Å². The maximum atomic E-state index is 12.4. The molecule has 1 heterocycles. The fraction of sp³-hybridized carbons (Fsp3) is 0.231. The molecule has 1 aromatic carbocycles. The van der Waals surface area contributed by atoms with Crippen LogP contribution in [-0.2, 0) is 12.6 Å². The molecule has 0 fully saturated rings. The van der Waals surface area contributed by atoms with E-state index in [1.165, 1.54) is 0 Å². The van der Waals surface area contributed by atoms with Crippen LogP contribution in [0.3, 0.4) is 0 Å². The van der Waals surface area contributed by atoms with Gasteiger partial charge >= 0.3 is 6.18 Å². The summed E-state index contributed by atoms with van der Waals surface area (Å²) in [6.45, 7) is 1.93. The molecule has 0 spiro atoms. The van der Waals surface area contributed by atoms with Crippen molar-refractivity contribution in [2.24, 2.45) is 0 Å². The summed E-state index contributed by atoms with van der Waals surface area (Å²) in [6.07, 6.45) is -3.67. The van der Waals surface area contributed by atoms with Crippen LogP contribution in [0.15, 0.2) is 30.3 Å².